The number of anilines is 2. The van der Waals surface area contributed by atoms with Crippen LogP contribution in [-0.4, -0.2) is 64.0 Å². The number of aromatic nitrogens is 6. The first-order valence-corrected chi connectivity index (χ1v) is 13.7. The number of hydrogen-bond acceptors (Lipinski definition) is 11. The van der Waals surface area contributed by atoms with Gasteiger partial charge in [0.25, 0.3) is 0 Å². The summed E-state index contributed by atoms with van der Waals surface area (Å²) < 4.78 is 12.7. The molecule has 1 saturated carbocycles. The van der Waals surface area contributed by atoms with Crippen LogP contribution in [0.15, 0.2) is 40.5 Å². The molecule has 0 bridgehead atoms. The van der Waals surface area contributed by atoms with Crippen molar-refractivity contribution in [1.82, 2.24) is 34.4 Å². The van der Waals surface area contributed by atoms with E-state index >= 15 is 0 Å². The van der Waals surface area contributed by atoms with Gasteiger partial charge in [-0.05, 0) is 52.7 Å². The Kier molecular flexibility index (Phi) is 8.08. The second kappa shape index (κ2) is 11.8. The fourth-order valence-corrected chi connectivity index (χ4v) is 4.05. The van der Waals surface area contributed by atoms with E-state index in [1.54, 1.807) is 43.6 Å². The summed E-state index contributed by atoms with van der Waals surface area (Å²) in [5, 5.41) is 21.6. The highest BCUT2D eigenvalue weighted by Crippen LogP contribution is 2.24. The third-order valence-corrected chi connectivity index (χ3v) is 6.38. The van der Waals surface area contributed by atoms with Crippen LogP contribution in [0.4, 0.5) is 16.3 Å². The average Bonchev–Trinajstić information content (AvgIpc) is 3.59. The fourth-order valence-electron chi connectivity index (χ4n) is 3.88. The van der Waals surface area contributed by atoms with Gasteiger partial charge < -0.3 is 30.2 Å². The number of amides is 1. The number of carbonyl (C=O) groups is 2. The second-order valence-electron chi connectivity index (χ2n) is 10.9. The molecule has 1 aliphatic carbocycles. The SMILES string of the molecule is C[C@H](NC(=O)OC(C)(C)C)C(=O)OCn1c(O)c(C=c2cnn3c(=NC4CC4)cc(Nc4ccncc4Cl)nc23)[nH]c1=O. The minimum Gasteiger partial charge on any atom is -0.493 e. The number of carbonyl (C=O) groups excluding carboxylic acids is 2. The number of nitrogens with one attached hydrogen (secondary N) is 3. The van der Waals surface area contributed by atoms with Gasteiger partial charge in [0.1, 0.15) is 23.2 Å². The third-order valence-electron chi connectivity index (χ3n) is 6.08. The Balaban J connectivity index is 1.40. The van der Waals surface area contributed by atoms with Crippen molar-refractivity contribution in [3.05, 3.63) is 62.6 Å². The van der Waals surface area contributed by atoms with Crippen molar-refractivity contribution in [1.29, 1.82) is 0 Å². The molecule has 1 aliphatic rings. The number of aromatic hydroxyl groups is 1. The van der Waals surface area contributed by atoms with Crippen molar-refractivity contribution in [2.24, 2.45) is 4.99 Å². The Morgan fingerprint density at radius 2 is 2.09 bits per heavy atom. The van der Waals surface area contributed by atoms with Crippen molar-refractivity contribution < 1.29 is 24.2 Å². The minimum absolute atomic E-state index is 0.0360. The number of imidazole rings is 1. The third kappa shape index (κ3) is 7.12. The topological polar surface area (TPSA) is 190 Å². The van der Waals surface area contributed by atoms with Crippen LogP contribution in [-0.2, 0) is 21.0 Å². The molecule has 0 aliphatic heterocycles. The summed E-state index contributed by atoms with van der Waals surface area (Å²) >= 11 is 6.27. The van der Waals surface area contributed by atoms with Crippen LogP contribution in [0, 0.1) is 0 Å². The van der Waals surface area contributed by atoms with Gasteiger partial charge in [0.05, 0.1) is 22.9 Å². The smallest absolute Gasteiger partial charge is 0.408 e. The van der Waals surface area contributed by atoms with E-state index in [1.807, 2.05) is 0 Å². The van der Waals surface area contributed by atoms with E-state index in [0.29, 0.717) is 32.9 Å². The van der Waals surface area contributed by atoms with Crippen molar-refractivity contribution >= 4 is 46.9 Å². The molecule has 1 atom stereocenters. The van der Waals surface area contributed by atoms with E-state index in [9.17, 15) is 19.5 Å². The van der Waals surface area contributed by atoms with E-state index in [-0.39, 0.29) is 11.7 Å². The van der Waals surface area contributed by atoms with Gasteiger partial charge in [0.2, 0.25) is 5.88 Å². The molecule has 0 saturated heterocycles. The molecule has 5 rings (SSSR count). The van der Waals surface area contributed by atoms with Gasteiger partial charge in [-0.1, -0.05) is 11.6 Å². The minimum atomic E-state index is -1.07. The number of ether oxygens (including phenoxy) is 2. The number of rotatable bonds is 8. The van der Waals surface area contributed by atoms with Gasteiger partial charge >= 0.3 is 17.8 Å². The molecule has 4 aromatic heterocycles. The zero-order chi connectivity index (χ0) is 30.9. The number of alkyl carbamates (subject to hydrolysis) is 1. The first-order chi connectivity index (χ1) is 20.4. The molecule has 0 spiro atoms. The highest BCUT2D eigenvalue weighted by atomic mass is 35.5. The summed E-state index contributed by atoms with van der Waals surface area (Å²) in [5.41, 5.74) is 0.120. The number of halogens is 1. The quantitative estimate of drug-likeness (QED) is 0.213. The van der Waals surface area contributed by atoms with Crippen LogP contribution < -0.4 is 27.0 Å². The standard InChI is InChI=1S/C27H30ClN9O6/c1-14(31-26(41)43-27(2,3)4)24(39)42-13-36-23(38)19(34-25(36)40)9-15-11-30-37-21(32-16-5-6-16)10-20(35-22(15)37)33-18-7-8-29-12-17(18)28/h7-12,14,16,38H,5-6,13H2,1-4H3,(H,29,33)(H,31,41)(H,34,40)/t14-/m0/s1. The summed E-state index contributed by atoms with van der Waals surface area (Å²) in [6.45, 7) is 5.85. The summed E-state index contributed by atoms with van der Waals surface area (Å²) in [4.78, 5) is 52.9. The van der Waals surface area contributed by atoms with Crippen LogP contribution in [0.1, 0.15) is 46.2 Å². The normalized spacial score (nSPS) is 15.0. The molecule has 1 fully saturated rings. The van der Waals surface area contributed by atoms with E-state index in [1.165, 1.54) is 25.4 Å². The maximum Gasteiger partial charge on any atom is 0.408 e. The summed E-state index contributed by atoms with van der Waals surface area (Å²) in [6, 6.07) is 2.59. The summed E-state index contributed by atoms with van der Waals surface area (Å²) in [5.74, 6) is -0.867. The molecule has 16 heteroatoms. The van der Waals surface area contributed by atoms with Crippen molar-refractivity contribution in [3.63, 3.8) is 0 Å². The van der Waals surface area contributed by atoms with Crippen molar-refractivity contribution in [3.8, 4) is 5.88 Å². The van der Waals surface area contributed by atoms with Gasteiger partial charge in [-0.3, -0.25) is 9.98 Å². The van der Waals surface area contributed by atoms with Gasteiger partial charge in [0, 0.05) is 23.7 Å². The molecule has 226 valence electrons. The Morgan fingerprint density at radius 3 is 2.79 bits per heavy atom. The zero-order valence-electron chi connectivity index (χ0n) is 23.8. The van der Waals surface area contributed by atoms with Crippen LogP contribution >= 0.6 is 11.6 Å². The molecule has 1 amide bonds. The Hall–Kier alpha value is -4.92. The number of aromatic amines is 1. The first-order valence-electron chi connectivity index (χ1n) is 13.4. The lowest BCUT2D eigenvalue weighted by Gasteiger charge is -2.21. The Bertz CT molecular complexity index is 1870. The van der Waals surface area contributed by atoms with E-state index in [0.717, 1.165) is 17.4 Å². The number of hydrogen-bond donors (Lipinski definition) is 4. The molecule has 43 heavy (non-hydrogen) atoms. The maximum atomic E-state index is 12.6. The van der Waals surface area contributed by atoms with Gasteiger partial charge in [-0.25, -0.2) is 23.9 Å². The van der Waals surface area contributed by atoms with E-state index in [4.69, 9.17) is 26.1 Å². The monoisotopic (exact) mass is 611 g/mol. The number of nitrogens with zero attached hydrogens (tertiary/aromatic N) is 6. The largest absolute Gasteiger partial charge is 0.493 e. The van der Waals surface area contributed by atoms with E-state index in [2.05, 4.69) is 30.7 Å². The predicted molar refractivity (Wildman–Crippen MR) is 155 cm³/mol. The van der Waals surface area contributed by atoms with Crippen molar-refractivity contribution in [2.75, 3.05) is 5.32 Å². The number of H-pyrrole nitrogens is 1. The molecule has 4 aromatic rings. The summed E-state index contributed by atoms with van der Waals surface area (Å²) in [7, 11) is 0. The molecule has 4 heterocycles. The lowest BCUT2D eigenvalue weighted by Crippen LogP contribution is -2.42. The average molecular weight is 612 g/mol. The zero-order valence-corrected chi connectivity index (χ0v) is 24.5. The molecular weight excluding hydrogens is 582 g/mol. The number of fused-ring (bicyclic) bond motifs is 1. The molecular formula is C27H30ClN9O6. The lowest BCUT2D eigenvalue weighted by molar-refractivity contribution is -0.149. The molecule has 0 radical (unpaired) electrons. The first kappa shape index (κ1) is 29.6. The molecule has 15 nitrogen and oxygen atoms in total. The fraction of sp³-hybridized carbons (Fsp3) is 0.370. The summed E-state index contributed by atoms with van der Waals surface area (Å²) in [6.07, 6.45) is 7.28. The van der Waals surface area contributed by atoms with Crippen LogP contribution in [0.5, 0.6) is 5.88 Å². The molecule has 4 N–H and O–H groups in total. The van der Waals surface area contributed by atoms with Gasteiger partial charge in [-0.2, -0.15) is 9.61 Å². The Labute approximate surface area is 249 Å². The van der Waals surface area contributed by atoms with E-state index < -0.39 is 42.0 Å². The molecule has 0 unspecified atom stereocenters. The maximum absolute atomic E-state index is 12.6. The highest BCUT2D eigenvalue weighted by molar-refractivity contribution is 6.33. The predicted octanol–water partition coefficient (Wildman–Crippen LogP) is 1.74. The van der Waals surface area contributed by atoms with Crippen LogP contribution in [0.25, 0.3) is 11.7 Å². The van der Waals surface area contributed by atoms with Crippen LogP contribution in [0.3, 0.4) is 0 Å². The van der Waals surface area contributed by atoms with Gasteiger partial charge in [-0.15, -0.1) is 0 Å². The lowest BCUT2D eigenvalue weighted by atomic mass is 10.2. The molecule has 0 aromatic carbocycles. The van der Waals surface area contributed by atoms with Crippen molar-refractivity contribution in [2.45, 2.75) is 65.0 Å². The second-order valence-corrected chi connectivity index (χ2v) is 11.3. The number of pyridine rings is 1. The number of esters is 1. The highest BCUT2D eigenvalue weighted by Gasteiger charge is 2.23. The van der Waals surface area contributed by atoms with Gasteiger partial charge in [0.15, 0.2) is 17.9 Å². The van der Waals surface area contributed by atoms with Crippen LogP contribution in [0.2, 0.25) is 5.02 Å². The Morgan fingerprint density at radius 1 is 1.33 bits per heavy atom.